The van der Waals surface area contributed by atoms with E-state index < -0.39 is 49.5 Å². The van der Waals surface area contributed by atoms with Crippen molar-refractivity contribution in [3.63, 3.8) is 0 Å². The van der Waals surface area contributed by atoms with Crippen molar-refractivity contribution in [1.29, 1.82) is 0 Å². The second-order valence-electron chi connectivity index (χ2n) is 8.20. The topological polar surface area (TPSA) is 136 Å². The number of ether oxygens (including phenoxy) is 6. The van der Waals surface area contributed by atoms with Crippen LogP contribution in [-0.2, 0) is 25.6 Å². The number of phenols is 1. The maximum absolute atomic E-state index is 11.1. The monoisotopic (exact) mass is 466 g/mol. The van der Waals surface area contributed by atoms with Gasteiger partial charge in [0.25, 0.3) is 0 Å². The molecule has 2 aliphatic heterocycles. The number of methoxy groups -OCH3 is 3. The fourth-order valence-electron chi connectivity index (χ4n) is 4.54. The zero-order valence-corrected chi connectivity index (χ0v) is 18.9. The van der Waals surface area contributed by atoms with E-state index in [-0.39, 0.29) is 12.4 Å². The Balaban J connectivity index is 1.74. The third-order valence-electron chi connectivity index (χ3n) is 6.34. The van der Waals surface area contributed by atoms with Crippen LogP contribution in [0.2, 0.25) is 0 Å². The van der Waals surface area contributed by atoms with Gasteiger partial charge < -0.3 is 48.8 Å². The third kappa shape index (κ3) is 4.12. The van der Waals surface area contributed by atoms with E-state index in [1.54, 1.807) is 26.2 Å². The molecule has 182 valence electrons. The molecular weight excluding hydrogens is 436 g/mol. The van der Waals surface area contributed by atoms with Gasteiger partial charge in [-0.3, -0.25) is 0 Å². The molecule has 0 aliphatic carbocycles. The summed E-state index contributed by atoms with van der Waals surface area (Å²) in [6.07, 6.45) is -7.02. The fraction of sp³-hybridized carbons (Fsp3) is 0.565. The average molecular weight is 466 g/mol. The third-order valence-corrected chi connectivity index (χ3v) is 6.34. The van der Waals surface area contributed by atoms with Crippen LogP contribution in [0, 0.1) is 0 Å². The summed E-state index contributed by atoms with van der Waals surface area (Å²) in [7, 11) is 4.41. The molecule has 0 amide bonds. The van der Waals surface area contributed by atoms with Gasteiger partial charge in [0.1, 0.15) is 47.8 Å². The van der Waals surface area contributed by atoms with E-state index in [0.717, 1.165) is 0 Å². The van der Waals surface area contributed by atoms with Gasteiger partial charge in [-0.2, -0.15) is 0 Å². The summed E-state index contributed by atoms with van der Waals surface area (Å²) in [5.41, 5.74) is 1.17. The number of phenolic OH excluding ortho intramolecular Hbond substituents is 1. The second-order valence-corrected chi connectivity index (χ2v) is 8.20. The molecule has 33 heavy (non-hydrogen) atoms. The van der Waals surface area contributed by atoms with Crippen molar-refractivity contribution in [2.75, 3.05) is 27.9 Å². The average Bonchev–Trinajstić information content (AvgIpc) is 2.82. The van der Waals surface area contributed by atoms with E-state index in [0.29, 0.717) is 33.4 Å². The standard InChI is InChI=1S/C23H30O10/c1-10-21(33-23-20(27)19(26)22(30-4)16(8-24)32-23)13-6-11-5-12(28-2)7-15(29-3)17(11)18(25)14(13)9-31-10/h5-7,10,16,19-27H,8-9H2,1-4H3/t10-,16?,19?,20?,21-,22?,23?/m0/s1. The van der Waals surface area contributed by atoms with Crippen LogP contribution >= 0.6 is 0 Å². The molecular formula is C23H30O10. The van der Waals surface area contributed by atoms with Crippen LogP contribution in [0.1, 0.15) is 24.2 Å². The molecule has 4 rings (SSSR count). The minimum Gasteiger partial charge on any atom is -0.507 e. The molecule has 2 aromatic carbocycles. The number of aliphatic hydroxyl groups excluding tert-OH is 3. The molecule has 4 N–H and O–H groups in total. The first kappa shape index (κ1) is 24.0. The Morgan fingerprint density at radius 3 is 2.45 bits per heavy atom. The van der Waals surface area contributed by atoms with Crippen LogP contribution < -0.4 is 9.47 Å². The van der Waals surface area contributed by atoms with Gasteiger partial charge in [-0.05, 0) is 30.0 Å². The molecule has 0 spiro atoms. The first-order valence-electron chi connectivity index (χ1n) is 10.7. The van der Waals surface area contributed by atoms with E-state index in [9.17, 15) is 20.4 Å². The molecule has 10 heteroatoms. The molecule has 10 nitrogen and oxygen atoms in total. The number of aromatic hydroxyl groups is 1. The molecule has 1 fully saturated rings. The van der Waals surface area contributed by atoms with Crippen LogP contribution in [0.25, 0.3) is 10.8 Å². The van der Waals surface area contributed by atoms with Gasteiger partial charge >= 0.3 is 0 Å². The zero-order valence-electron chi connectivity index (χ0n) is 18.9. The van der Waals surface area contributed by atoms with Crippen molar-refractivity contribution in [3.8, 4) is 17.2 Å². The molecule has 2 aromatic rings. The van der Waals surface area contributed by atoms with E-state index in [1.807, 2.05) is 6.07 Å². The van der Waals surface area contributed by atoms with Crippen LogP contribution in [0.15, 0.2) is 18.2 Å². The Morgan fingerprint density at radius 1 is 1.06 bits per heavy atom. The van der Waals surface area contributed by atoms with E-state index in [4.69, 9.17) is 28.4 Å². The normalized spacial score (nSPS) is 31.9. The number of fused-ring (bicyclic) bond motifs is 2. The summed E-state index contributed by atoms with van der Waals surface area (Å²) in [5.74, 6) is 1.01. The summed E-state index contributed by atoms with van der Waals surface area (Å²) in [6, 6.07) is 5.31. The van der Waals surface area contributed by atoms with Crippen LogP contribution in [-0.4, -0.2) is 85.2 Å². The molecule has 0 saturated carbocycles. The smallest absolute Gasteiger partial charge is 0.187 e. The summed E-state index contributed by atoms with van der Waals surface area (Å²) in [5, 5.41) is 43.0. The van der Waals surface area contributed by atoms with E-state index >= 15 is 0 Å². The summed E-state index contributed by atoms with van der Waals surface area (Å²) in [6.45, 7) is 1.52. The van der Waals surface area contributed by atoms with Crippen LogP contribution in [0.4, 0.5) is 0 Å². The highest BCUT2D eigenvalue weighted by atomic mass is 16.7. The Labute approximate surface area is 191 Å². The highest BCUT2D eigenvalue weighted by molar-refractivity contribution is 5.96. The van der Waals surface area contributed by atoms with E-state index in [2.05, 4.69) is 0 Å². The maximum atomic E-state index is 11.1. The summed E-state index contributed by atoms with van der Waals surface area (Å²) in [4.78, 5) is 0. The number of aliphatic hydroxyl groups is 3. The molecule has 2 heterocycles. The lowest BCUT2D eigenvalue weighted by Crippen LogP contribution is -2.60. The van der Waals surface area contributed by atoms with Gasteiger partial charge in [-0.15, -0.1) is 0 Å². The lowest BCUT2D eigenvalue weighted by molar-refractivity contribution is -0.323. The quantitative estimate of drug-likeness (QED) is 0.488. The van der Waals surface area contributed by atoms with Crippen molar-refractivity contribution < 1.29 is 48.8 Å². The van der Waals surface area contributed by atoms with Crippen molar-refractivity contribution in [3.05, 3.63) is 29.3 Å². The largest absolute Gasteiger partial charge is 0.507 e. The molecule has 1 saturated heterocycles. The Kier molecular flexibility index (Phi) is 6.96. The lowest BCUT2D eigenvalue weighted by atomic mass is 9.91. The van der Waals surface area contributed by atoms with Crippen LogP contribution in [0.5, 0.6) is 17.2 Å². The Hall–Kier alpha value is -2.18. The number of hydrogen-bond acceptors (Lipinski definition) is 10. The van der Waals surface area contributed by atoms with Gasteiger partial charge in [0.05, 0.1) is 38.9 Å². The zero-order chi connectivity index (χ0) is 23.9. The Bertz CT molecular complexity index is 993. The highest BCUT2D eigenvalue weighted by Crippen LogP contribution is 2.46. The molecule has 0 bridgehead atoms. The first-order chi connectivity index (χ1) is 15.8. The van der Waals surface area contributed by atoms with Gasteiger partial charge in [-0.1, -0.05) is 0 Å². The fourth-order valence-corrected chi connectivity index (χ4v) is 4.54. The van der Waals surface area contributed by atoms with E-state index in [1.165, 1.54) is 14.2 Å². The van der Waals surface area contributed by atoms with Gasteiger partial charge in [0, 0.05) is 18.7 Å². The van der Waals surface area contributed by atoms with Gasteiger partial charge in [0.2, 0.25) is 0 Å². The molecule has 5 unspecified atom stereocenters. The minimum absolute atomic E-state index is 0.000306. The lowest BCUT2D eigenvalue weighted by Gasteiger charge is -2.43. The predicted octanol–water partition coefficient (Wildman–Crippen LogP) is 0.993. The minimum atomic E-state index is -1.43. The summed E-state index contributed by atoms with van der Waals surface area (Å²) >= 11 is 0. The first-order valence-corrected chi connectivity index (χ1v) is 10.7. The van der Waals surface area contributed by atoms with Crippen molar-refractivity contribution in [2.24, 2.45) is 0 Å². The Morgan fingerprint density at radius 2 is 1.82 bits per heavy atom. The van der Waals surface area contributed by atoms with Crippen molar-refractivity contribution in [1.82, 2.24) is 0 Å². The predicted molar refractivity (Wildman–Crippen MR) is 115 cm³/mol. The molecule has 0 aromatic heterocycles. The summed E-state index contributed by atoms with van der Waals surface area (Å²) < 4.78 is 33.6. The van der Waals surface area contributed by atoms with Crippen molar-refractivity contribution in [2.45, 2.75) is 56.4 Å². The number of benzene rings is 2. The molecule has 0 radical (unpaired) electrons. The highest BCUT2D eigenvalue weighted by Gasteiger charge is 2.47. The number of hydrogen-bond donors (Lipinski definition) is 4. The van der Waals surface area contributed by atoms with Crippen LogP contribution in [0.3, 0.4) is 0 Å². The second kappa shape index (κ2) is 9.59. The molecule has 7 atom stereocenters. The number of rotatable bonds is 6. The van der Waals surface area contributed by atoms with Crippen molar-refractivity contribution >= 4 is 10.8 Å². The SMILES string of the molecule is COc1cc(OC)c2c(O)c3c(cc2c1)[C@@H](OC1OC(CO)C(OC)C(O)C1O)[C@H](C)OC3. The maximum Gasteiger partial charge on any atom is 0.187 e. The van der Waals surface area contributed by atoms with Gasteiger partial charge in [0.15, 0.2) is 6.29 Å². The molecule has 2 aliphatic rings. The van der Waals surface area contributed by atoms with Gasteiger partial charge in [-0.25, -0.2) is 0 Å².